The topological polar surface area (TPSA) is 46.3 Å². The van der Waals surface area contributed by atoms with Crippen molar-refractivity contribution in [1.29, 1.82) is 0 Å². The quantitative estimate of drug-likeness (QED) is 0.900. The Morgan fingerprint density at radius 2 is 2.00 bits per heavy atom. The van der Waals surface area contributed by atoms with Crippen molar-refractivity contribution >= 4 is 10.9 Å². The fourth-order valence-corrected chi connectivity index (χ4v) is 2.56. The van der Waals surface area contributed by atoms with E-state index in [-0.39, 0.29) is 6.04 Å². The Hall–Kier alpha value is -1.36. The molecule has 0 spiro atoms. The van der Waals surface area contributed by atoms with Gasteiger partial charge in [-0.15, -0.1) is 0 Å². The van der Waals surface area contributed by atoms with Crippen molar-refractivity contribution in [1.82, 2.24) is 10.3 Å². The highest BCUT2D eigenvalue weighted by molar-refractivity contribution is 5.83. The minimum atomic E-state index is -0.435. The molecule has 0 atom stereocenters. The summed E-state index contributed by atoms with van der Waals surface area (Å²) in [5.41, 5.74) is 2.56. The first-order chi connectivity index (χ1) is 9.64. The van der Waals surface area contributed by atoms with Crippen LogP contribution in [-0.4, -0.2) is 36.6 Å². The number of aromatic nitrogens is 1. The molecule has 4 nitrogen and oxygen atoms in total. The van der Waals surface area contributed by atoms with Gasteiger partial charge in [0.1, 0.15) is 0 Å². The molecule has 4 heteroatoms. The first-order valence-electron chi connectivity index (χ1n) is 7.20. The molecule has 1 aliphatic heterocycles. The van der Waals surface area contributed by atoms with Crippen molar-refractivity contribution in [3.8, 4) is 0 Å². The number of hydrogen-bond acceptors (Lipinski definition) is 3. The zero-order valence-electron chi connectivity index (χ0n) is 12.1. The molecule has 3 rings (SSSR count). The number of aromatic amines is 1. The predicted molar refractivity (Wildman–Crippen MR) is 79.8 cm³/mol. The van der Waals surface area contributed by atoms with Crippen LogP contribution in [0.2, 0.25) is 0 Å². The van der Waals surface area contributed by atoms with E-state index in [1.54, 1.807) is 0 Å². The zero-order chi connectivity index (χ0) is 14.0. The van der Waals surface area contributed by atoms with Gasteiger partial charge >= 0.3 is 0 Å². The van der Waals surface area contributed by atoms with E-state index in [1.807, 2.05) is 13.8 Å². The van der Waals surface area contributed by atoms with E-state index in [0.29, 0.717) is 13.2 Å². The van der Waals surface area contributed by atoms with E-state index in [4.69, 9.17) is 9.47 Å². The number of H-pyrrole nitrogens is 1. The highest BCUT2D eigenvalue weighted by Crippen LogP contribution is 2.19. The van der Waals surface area contributed by atoms with E-state index >= 15 is 0 Å². The molecule has 0 amide bonds. The van der Waals surface area contributed by atoms with Crippen LogP contribution in [0.5, 0.6) is 0 Å². The summed E-state index contributed by atoms with van der Waals surface area (Å²) in [5.74, 6) is -0.435. The maximum absolute atomic E-state index is 5.65. The van der Waals surface area contributed by atoms with Crippen molar-refractivity contribution < 1.29 is 9.47 Å². The van der Waals surface area contributed by atoms with Crippen LogP contribution in [0.4, 0.5) is 0 Å². The third-order valence-electron chi connectivity index (χ3n) is 3.77. The lowest BCUT2D eigenvalue weighted by molar-refractivity contribution is -0.252. The first-order valence-corrected chi connectivity index (χ1v) is 7.20. The summed E-state index contributed by atoms with van der Waals surface area (Å²) in [5, 5.41) is 4.81. The Bertz CT molecular complexity index is 567. The molecule has 1 aliphatic rings. The second-order valence-electron chi connectivity index (χ2n) is 5.78. The van der Waals surface area contributed by atoms with Crippen LogP contribution in [-0.2, 0) is 15.9 Å². The second kappa shape index (κ2) is 5.56. The molecular weight excluding hydrogens is 252 g/mol. The Balaban J connectivity index is 1.51. The van der Waals surface area contributed by atoms with Gasteiger partial charge in [0.05, 0.1) is 19.3 Å². The average Bonchev–Trinajstić information content (AvgIpc) is 2.84. The molecule has 0 radical (unpaired) electrons. The zero-order valence-corrected chi connectivity index (χ0v) is 12.1. The van der Waals surface area contributed by atoms with E-state index in [9.17, 15) is 0 Å². The number of benzene rings is 1. The van der Waals surface area contributed by atoms with E-state index in [2.05, 4.69) is 40.8 Å². The maximum Gasteiger partial charge on any atom is 0.162 e. The number of hydrogen-bond donors (Lipinski definition) is 2. The molecule has 1 saturated heterocycles. The van der Waals surface area contributed by atoms with Crippen LogP contribution in [0.25, 0.3) is 10.9 Å². The lowest BCUT2D eigenvalue weighted by Gasteiger charge is -2.35. The summed E-state index contributed by atoms with van der Waals surface area (Å²) >= 11 is 0. The minimum absolute atomic E-state index is 0.285. The highest BCUT2D eigenvalue weighted by atomic mass is 16.7. The largest absolute Gasteiger partial charge is 0.361 e. The summed E-state index contributed by atoms with van der Waals surface area (Å²) in [7, 11) is 0. The molecule has 0 bridgehead atoms. The van der Waals surface area contributed by atoms with E-state index < -0.39 is 5.79 Å². The summed E-state index contributed by atoms with van der Waals surface area (Å²) in [6.07, 6.45) is 3.10. The molecule has 20 heavy (non-hydrogen) atoms. The van der Waals surface area contributed by atoms with Gasteiger partial charge in [-0.05, 0) is 38.4 Å². The number of para-hydroxylation sites is 1. The van der Waals surface area contributed by atoms with Gasteiger partial charge in [-0.1, -0.05) is 18.2 Å². The van der Waals surface area contributed by atoms with Gasteiger partial charge in [0.15, 0.2) is 5.79 Å². The van der Waals surface area contributed by atoms with Gasteiger partial charge in [0.2, 0.25) is 0 Å². The summed E-state index contributed by atoms with van der Waals surface area (Å²) in [4.78, 5) is 3.31. The predicted octanol–water partition coefficient (Wildman–Crippen LogP) is 2.45. The Morgan fingerprint density at radius 1 is 1.25 bits per heavy atom. The Morgan fingerprint density at radius 3 is 2.80 bits per heavy atom. The fraction of sp³-hybridized carbons (Fsp3) is 0.500. The lowest BCUT2D eigenvalue weighted by Crippen LogP contribution is -2.48. The Kier molecular flexibility index (Phi) is 3.78. The number of fused-ring (bicyclic) bond motifs is 1. The molecule has 0 aliphatic carbocycles. The summed E-state index contributed by atoms with van der Waals surface area (Å²) in [6, 6.07) is 8.69. The van der Waals surface area contributed by atoms with E-state index in [0.717, 1.165) is 13.0 Å². The molecule has 2 N–H and O–H groups in total. The average molecular weight is 274 g/mol. The highest BCUT2D eigenvalue weighted by Gasteiger charge is 2.27. The van der Waals surface area contributed by atoms with Crippen molar-refractivity contribution in [3.05, 3.63) is 36.0 Å². The summed E-state index contributed by atoms with van der Waals surface area (Å²) < 4.78 is 11.3. The maximum atomic E-state index is 5.65. The Labute approximate surface area is 119 Å². The molecular formula is C16H22N2O2. The monoisotopic (exact) mass is 274 g/mol. The van der Waals surface area contributed by atoms with Crippen molar-refractivity contribution in [3.63, 3.8) is 0 Å². The van der Waals surface area contributed by atoms with Gasteiger partial charge in [-0.3, -0.25) is 0 Å². The molecule has 0 unspecified atom stereocenters. The molecule has 1 aromatic heterocycles. The van der Waals surface area contributed by atoms with Gasteiger partial charge in [-0.2, -0.15) is 0 Å². The van der Waals surface area contributed by atoms with Gasteiger partial charge < -0.3 is 19.8 Å². The standard InChI is InChI=1S/C16H22N2O2/c1-16(2)19-10-13(11-20-16)17-8-7-12-9-18-15-6-4-3-5-14(12)15/h3-6,9,13,17-18H,7-8,10-11H2,1-2H3. The second-order valence-corrected chi connectivity index (χ2v) is 5.78. The SMILES string of the molecule is CC1(C)OCC(NCCc2c[nH]c3ccccc23)CO1. The van der Waals surface area contributed by atoms with Crippen LogP contribution in [0.3, 0.4) is 0 Å². The van der Waals surface area contributed by atoms with Crippen molar-refractivity contribution in [2.24, 2.45) is 0 Å². The van der Waals surface area contributed by atoms with Crippen molar-refractivity contribution in [2.75, 3.05) is 19.8 Å². The van der Waals surface area contributed by atoms with Crippen LogP contribution in [0.1, 0.15) is 19.4 Å². The van der Waals surface area contributed by atoms with Gasteiger partial charge in [0.25, 0.3) is 0 Å². The first kappa shape index (κ1) is 13.6. The number of ether oxygens (including phenoxy) is 2. The summed E-state index contributed by atoms with van der Waals surface area (Å²) in [6.45, 7) is 6.26. The van der Waals surface area contributed by atoms with Crippen LogP contribution < -0.4 is 5.32 Å². The van der Waals surface area contributed by atoms with Crippen LogP contribution in [0.15, 0.2) is 30.5 Å². The van der Waals surface area contributed by atoms with Crippen molar-refractivity contribution in [2.45, 2.75) is 32.1 Å². The molecule has 0 saturated carbocycles. The minimum Gasteiger partial charge on any atom is -0.361 e. The lowest BCUT2D eigenvalue weighted by atomic mass is 10.1. The number of rotatable bonds is 4. The number of nitrogens with one attached hydrogen (secondary N) is 2. The molecule has 2 aromatic rings. The molecule has 1 aromatic carbocycles. The third-order valence-corrected chi connectivity index (χ3v) is 3.77. The van der Waals surface area contributed by atoms with E-state index in [1.165, 1.54) is 16.5 Å². The normalized spacial score (nSPS) is 19.5. The van der Waals surface area contributed by atoms with Crippen LogP contribution in [0, 0.1) is 0 Å². The van der Waals surface area contributed by atoms with Crippen LogP contribution >= 0.6 is 0 Å². The molecule has 1 fully saturated rings. The third kappa shape index (κ3) is 3.03. The smallest absolute Gasteiger partial charge is 0.162 e. The van der Waals surface area contributed by atoms with Gasteiger partial charge in [0, 0.05) is 17.1 Å². The molecule has 108 valence electrons. The van der Waals surface area contributed by atoms with Gasteiger partial charge in [-0.25, -0.2) is 0 Å². The molecule has 2 heterocycles. The fourth-order valence-electron chi connectivity index (χ4n) is 2.56.